The van der Waals surface area contributed by atoms with Gasteiger partial charge in [-0.05, 0) is 67.2 Å². The number of amides is 1. The Morgan fingerprint density at radius 2 is 2.04 bits per heavy atom. The van der Waals surface area contributed by atoms with Crippen LogP contribution in [0.3, 0.4) is 0 Å². The van der Waals surface area contributed by atoms with Crippen molar-refractivity contribution in [3.63, 3.8) is 0 Å². The lowest BCUT2D eigenvalue weighted by Crippen LogP contribution is -2.43. The third-order valence-electron chi connectivity index (χ3n) is 6.88. The first-order chi connectivity index (χ1) is 12.6. The summed E-state index contributed by atoms with van der Waals surface area (Å²) >= 11 is 0. The second-order valence-corrected chi connectivity index (χ2v) is 8.79. The highest BCUT2D eigenvalue weighted by Gasteiger charge is 2.45. The van der Waals surface area contributed by atoms with Gasteiger partial charge in [-0.3, -0.25) is 4.79 Å². The Labute approximate surface area is 157 Å². The number of carbonyl (C=O) groups is 1. The van der Waals surface area contributed by atoms with Gasteiger partial charge in [0.2, 0.25) is 5.91 Å². The van der Waals surface area contributed by atoms with Gasteiger partial charge in [-0.1, -0.05) is 24.3 Å². The molecule has 1 spiro atoms. The largest absolute Gasteiger partial charge is 0.381 e. The van der Waals surface area contributed by atoms with Gasteiger partial charge in [0.15, 0.2) is 0 Å². The summed E-state index contributed by atoms with van der Waals surface area (Å²) in [6.45, 7) is 5.44. The summed E-state index contributed by atoms with van der Waals surface area (Å²) in [7, 11) is 3.73. The van der Waals surface area contributed by atoms with Gasteiger partial charge < -0.3 is 14.5 Å². The van der Waals surface area contributed by atoms with Crippen molar-refractivity contribution in [2.75, 3.05) is 46.9 Å². The molecule has 1 aromatic rings. The van der Waals surface area contributed by atoms with Crippen molar-refractivity contribution in [1.82, 2.24) is 9.80 Å². The van der Waals surface area contributed by atoms with E-state index in [1.807, 2.05) is 14.1 Å². The monoisotopic (exact) mass is 356 g/mol. The Bertz CT molecular complexity index is 643. The van der Waals surface area contributed by atoms with E-state index in [-0.39, 0.29) is 11.3 Å². The third-order valence-corrected chi connectivity index (χ3v) is 6.88. The van der Waals surface area contributed by atoms with Crippen molar-refractivity contribution < 1.29 is 9.53 Å². The molecule has 1 aliphatic carbocycles. The fraction of sp³-hybridized carbons (Fsp3) is 0.682. The van der Waals surface area contributed by atoms with E-state index < -0.39 is 0 Å². The lowest BCUT2D eigenvalue weighted by atomic mass is 9.73. The van der Waals surface area contributed by atoms with E-state index in [0.717, 1.165) is 25.6 Å². The second-order valence-electron chi connectivity index (χ2n) is 8.79. The Morgan fingerprint density at radius 1 is 1.27 bits per heavy atom. The number of benzene rings is 1. The number of fused-ring (bicyclic) bond motifs is 2. The summed E-state index contributed by atoms with van der Waals surface area (Å²) in [6, 6.07) is 8.91. The number of ether oxygens (including phenoxy) is 1. The Morgan fingerprint density at radius 3 is 2.73 bits per heavy atom. The molecule has 1 amide bonds. The number of piperidine rings is 1. The Balaban J connectivity index is 1.46. The van der Waals surface area contributed by atoms with Crippen LogP contribution in [0.25, 0.3) is 0 Å². The number of hydrogen-bond donors (Lipinski definition) is 0. The summed E-state index contributed by atoms with van der Waals surface area (Å²) in [5.74, 6) is 1.36. The molecule has 0 N–H and O–H groups in total. The molecular formula is C22H32N2O2. The second kappa shape index (κ2) is 7.32. The van der Waals surface area contributed by atoms with Crippen molar-refractivity contribution in [1.29, 1.82) is 0 Å². The molecule has 142 valence electrons. The molecule has 0 saturated carbocycles. The highest BCUT2D eigenvalue weighted by molar-refractivity contribution is 5.77. The molecule has 1 aromatic carbocycles. The molecule has 2 aliphatic heterocycles. The highest BCUT2D eigenvalue weighted by atomic mass is 16.5. The minimum Gasteiger partial charge on any atom is -0.381 e. The van der Waals surface area contributed by atoms with Crippen LogP contribution >= 0.6 is 0 Å². The van der Waals surface area contributed by atoms with Crippen LogP contribution < -0.4 is 0 Å². The summed E-state index contributed by atoms with van der Waals surface area (Å²) in [5.41, 5.74) is 3.25. The maximum Gasteiger partial charge on any atom is 0.222 e. The quantitative estimate of drug-likeness (QED) is 0.831. The first kappa shape index (κ1) is 18.0. The van der Waals surface area contributed by atoms with E-state index in [4.69, 9.17) is 4.74 Å². The van der Waals surface area contributed by atoms with Crippen molar-refractivity contribution >= 4 is 5.91 Å². The van der Waals surface area contributed by atoms with Crippen molar-refractivity contribution in [2.45, 2.75) is 43.4 Å². The zero-order valence-electron chi connectivity index (χ0n) is 16.2. The van der Waals surface area contributed by atoms with Crippen LogP contribution in [0.4, 0.5) is 0 Å². The first-order valence-electron chi connectivity index (χ1n) is 10.2. The molecule has 2 saturated heterocycles. The molecule has 4 rings (SSSR count). The van der Waals surface area contributed by atoms with Gasteiger partial charge in [-0.15, -0.1) is 0 Å². The van der Waals surface area contributed by atoms with Crippen molar-refractivity contribution in [3.05, 3.63) is 35.4 Å². The van der Waals surface area contributed by atoms with Gasteiger partial charge in [0.25, 0.3) is 0 Å². The van der Waals surface area contributed by atoms with E-state index in [0.29, 0.717) is 12.3 Å². The number of nitrogens with zero attached hydrogens (tertiary/aromatic N) is 2. The average molecular weight is 357 g/mol. The van der Waals surface area contributed by atoms with E-state index in [1.165, 1.54) is 50.0 Å². The number of carbonyl (C=O) groups excluding carboxylic acids is 1. The van der Waals surface area contributed by atoms with Gasteiger partial charge in [-0.25, -0.2) is 0 Å². The summed E-state index contributed by atoms with van der Waals surface area (Å²) < 4.78 is 5.55. The van der Waals surface area contributed by atoms with Crippen LogP contribution in [-0.4, -0.2) is 62.7 Å². The van der Waals surface area contributed by atoms with E-state index in [9.17, 15) is 4.79 Å². The van der Waals surface area contributed by atoms with Gasteiger partial charge in [0, 0.05) is 33.7 Å². The van der Waals surface area contributed by atoms with Crippen molar-refractivity contribution in [2.24, 2.45) is 5.92 Å². The number of likely N-dealkylation sites (tertiary alicyclic amines) is 1. The topological polar surface area (TPSA) is 32.8 Å². The average Bonchev–Trinajstić information content (AvgIpc) is 3.25. The fourth-order valence-electron chi connectivity index (χ4n) is 5.33. The number of rotatable bonds is 4. The standard InChI is InChI=1S/C22H32N2O2/c1-23(2)21(25)13-18-14-22(20-6-4-3-5-19(18)20)8-10-24(11-9-22)15-17-7-12-26-16-17/h3-6,17-18H,7-16H2,1-2H3/t17-,18+/m1/s1. The van der Waals surface area contributed by atoms with E-state index in [2.05, 4.69) is 29.2 Å². The third kappa shape index (κ3) is 3.41. The predicted molar refractivity (Wildman–Crippen MR) is 103 cm³/mol. The van der Waals surface area contributed by atoms with Crippen LogP contribution in [-0.2, 0) is 14.9 Å². The fourth-order valence-corrected chi connectivity index (χ4v) is 5.33. The lowest BCUT2D eigenvalue weighted by molar-refractivity contribution is -0.129. The molecule has 0 aromatic heterocycles. The first-order valence-corrected chi connectivity index (χ1v) is 10.2. The molecular weight excluding hydrogens is 324 g/mol. The van der Waals surface area contributed by atoms with Gasteiger partial charge in [0.1, 0.15) is 0 Å². The molecule has 4 nitrogen and oxygen atoms in total. The smallest absolute Gasteiger partial charge is 0.222 e. The SMILES string of the molecule is CN(C)C(=O)C[C@H]1CC2(CCN(C[C@H]3CCOC3)CC2)c2ccccc21. The van der Waals surface area contributed by atoms with E-state index >= 15 is 0 Å². The molecule has 0 radical (unpaired) electrons. The molecule has 0 unspecified atom stereocenters. The maximum atomic E-state index is 12.3. The Hall–Kier alpha value is -1.39. The molecule has 2 atom stereocenters. The summed E-state index contributed by atoms with van der Waals surface area (Å²) in [4.78, 5) is 16.7. The molecule has 4 heteroatoms. The van der Waals surface area contributed by atoms with Crippen LogP contribution in [0.1, 0.15) is 49.1 Å². The molecule has 2 fully saturated rings. The van der Waals surface area contributed by atoms with Gasteiger partial charge in [-0.2, -0.15) is 0 Å². The zero-order valence-corrected chi connectivity index (χ0v) is 16.2. The van der Waals surface area contributed by atoms with Crippen LogP contribution in [0, 0.1) is 5.92 Å². The zero-order chi connectivity index (χ0) is 18.1. The normalized spacial score (nSPS) is 27.6. The predicted octanol–water partition coefficient (Wildman–Crippen LogP) is 3.02. The highest BCUT2D eigenvalue weighted by Crippen LogP contribution is 2.52. The summed E-state index contributed by atoms with van der Waals surface area (Å²) in [5, 5.41) is 0. The van der Waals surface area contributed by atoms with Gasteiger partial charge >= 0.3 is 0 Å². The molecule has 3 aliphatic rings. The lowest BCUT2D eigenvalue weighted by Gasteiger charge is -2.41. The summed E-state index contributed by atoms with van der Waals surface area (Å²) in [6.07, 6.45) is 5.47. The molecule has 2 heterocycles. The van der Waals surface area contributed by atoms with Gasteiger partial charge in [0.05, 0.1) is 6.61 Å². The minimum atomic E-state index is 0.250. The maximum absolute atomic E-state index is 12.3. The van der Waals surface area contributed by atoms with Crippen LogP contribution in [0.5, 0.6) is 0 Å². The Kier molecular flexibility index (Phi) is 5.07. The molecule has 26 heavy (non-hydrogen) atoms. The van der Waals surface area contributed by atoms with Crippen LogP contribution in [0.15, 0.2) is 24.3 Å². The van der Waals surface area contributed by atoms with Crippen molar-refractivity contribution in [3.8, 4) is 0 Å². The van der Waals surface area contributed by atoms with Crippen LogP contribution in [0.2, 0.25) is 0 Å². The minimum absolute atomic E-state index is 0.250. The number of hydrogen-bond acceptors (Lipinski definition) is 3. The molecule has 0 bridgehead atoms. The van der Waals surface area contributed by atoms with E-state index in [1.54, 1.807) is 4.90 Å².